The molecule has 0 unspecified atom stereocenters. The molecule has 1 N–H and O–H groups in total. The van der Waals surface area contributed by atoms with Gasteiger partial charge in [0.2, 0.25) is 0 Å². The van der Waals surface area contributed by atoms with Gasteiger partial charge in [0.25, 0.3) is 0 Å². The van der Waals surface area contributed by atoms with Crippen molar-refractivity contribution in [1.82, 2.24) is 14.9 Å². The molecule has 25 heavy (non-hydrogen) atoms. The summed E-state index contributed by atoms with van der Waals surface area (Å²) in [7, 11) is 0. The smallest absolute Gasteiger partial charge is 0.100 e. The molecule has 1 saturated carbocycles. The molecule has 0 saturated heterocycles. The van der Waals surface area contributed by atoms with Crippen LogP contribution < -0.4 is 5.32 Å². The molecule has 4 nitrogen and oxygen atoms in total. The second kappa shape index (κ2) is 7.81. The van der Waals surface area contributed by atoms with Crippen LogP contribution in [0.4, 0.5) is 0 Å². The van der Waals surface area contributed by atoms with E-state index < -0.39 is 0 Å². The third kappa shape index (κ3) is 4.27. The number of rotatable bonds is 9. The summed E-state index contributed by atoms with van der Waals surface area (Å²) in [5.74, 6) is 0.860. The molecule has 4 heteroatoms. The molecule has 4 rings (SSSR count). The van der Waals surface area contributed by atoms with Crippen molar-refractivity contribution in [3.63, 3.8) is 0 Å². The van der Waals surface area contributed by atoms with Crippen molar-refractivity contribution in [3.8, 4) is 5.69 Å². The molecule has 1 aliphatic carbocycles. The number of fused-ring (bicyclic) bond motifs is 1. The minimum atomic E-state index is 0.860. The monoisotopic (exact) mass is 335 g/mol. The van der Waals surface area contributed by atoms with E-state index in [1.54, 1.807) is 0 Å². The maximum atomic E-state index is 5.65. The Morgan fingerprint density at radius 1 is 1.08 bits per heavy atom. The molecule has 1 fully saturated rings. The van der Waals surface area contributed by atoms with Gasteiger partial charge in [-0.15, -0.1) is 0 Å². The first-order chi connectivity index (χ1) is 12.4. The van der Waals surface area contributed by atoms with Crippen LogP contribution in [0.3, 0.4) is 0 Å². The van der Waals surface area contributed by atoms with Gasteiger partial charge in [0.15, 0.2) is 0 Å². The highest BCUT2D eigenvalue weighted by Gasteiger charge is 2.20. The van der Waals surface area contributed by atoms with Crippen molar-refractivity contribution in [2.24, 2.45) is 5.92 Å². The standard InChI is InChI=1S/C21H25N3O/c1-2-5-21-20(4-1)23-16-24(21)19-10-8-17(9-11-19)14-22-12-3-13-25-15-18-6-7-18/h1-2,4-5,8-11,16,18,22H,3,6-7,12-15H2. The summed E-state index contributed by atoms with van der Waals surface area (Å²) in [5.41, 5.74) is 4.61. The summed E-state index contributed by atoms with van der Waals surface area (Å²) in [6.07, 6.45) is 5.69. The minimum Gasteiger partial charge on any atom is -0.381 e. The summed E-state index contributed by atoms with van der Waals surface area (Å²) < 4.78 is 7.78. The van der Waals surface area contributed by atoms with Crippen LogP contribution in [-0.2, 0) is 11.3 Å². The zero-order valence-corrected chi connectivity index (χ0v) is 14.5. The molecule has 3 aromatic rings. The van der Waals surface area contributed by atoms with Gasteiger partial charge in [-0.3, -0.25) is 4.57 Å². The minimum absolute atomic E-state index is 0.860. The lowest BCUT2D eigenvalue weighted by Gasteiger charge is -2.08. The number of para-hydroxylation sites is 2. The zero-order chi connectivity index (χ0) is 16.9. The van der Waals surface area contributed by atoms with E-state index in [1.807, 2.05) is 24.5 Å². The Kier molecular flexibility index (Phi) is 5.09. The molecule has 1 aliphatic rings. The average molecular weight is 335 g/mol. The molecule has 0 bridgehead atoms. The van der Waals surface area contributed by atoms with Crippen LogP contribution in [0.15, 0.2) is 54.9 Å². The van der Waals surface area contributed by atoms with Gasteiger partial charge in [0.05, 0.1) is 11.0 Å². The van der Waals surface area contributed by atoms with Crippen LogP contribution in [0, 0.1) is 5.92 Å². The first-order valence-electron chi connectivity index (χ1n) is 9.20. The molecular formula is C21H25N3O. The van der Waals surface area contributed by atoms with E-state index in [9.17, 15) is 0 Å². The summed E-state index contributed by atoms with van der Waals surface area (Å²) in [5, 5.41) is 3.49. The second-order valence-corrected chi connectivity index (χ2v) is 6.82. The van der Waals surface area contributed by atoms with Gasteiger partial charge in [0.1, 0.15) is 6.33 Å². The number of nitrogens with zero attached hydrogens (tertiary/aromatic N) is 2. The number of ether oxygens (including phenoxy) is 1. The Bertz CT molecular complexity index is 805. The third-order valence-electron chi connectivity index (χ3n) is 4.69. The predicted molar refractivity (Wildman–Crippen MR) is 101 cm³/mol. The van der Waals surface area contributed by atoms with E-state index in [0.717, 1.165) is 55.4 Å². The highest BCUT2D eigenvalue weighted by atomic mass is 16.5. The van der Waals surface area contributed by atoms with Gasteiger partial charge >= 0.3 is 0 Å². The SMILES string of the molecule is c1ccc2c(c1)ncn2-c1ccc(CNCCCOCC2CC2)cc1. The van der Waals surface area contributed by atoms with Crippen molar-refractivity contribution in [1.29, 1.82) is 0 Å². The van der Waals surface area contributed by atoms with Crippen LogP contribution in [-0.4, -0.2) is 29.3 Å². The second-order valence-electron chi connectivity index (χ2n) is 6.82. The van der Waals surface area contributed by atoms with Crippen molar-refractivity contribution >= 4 is 11.0 Å². The Hall–Kier alpha value is -2.17. The normalized spacial score (nSPS) is 14.2. The Morgan fingerprint density at radius 3 is 2.76 bits per heavy atom. The number of benzene rings is 2. The number of hydrogen-bond acceptors (Lipinski definition) is 3. The highest BCUT2D eigenvalue weighted by molar-refractivity contribution is 5.77. The topological polar surface area (TPSA) is 39.1 Å². The summed E-state index contributed by atoms with van der Waals surface area (Å²) in [4.78, 5) is 4.46. The van der Waals surface area contributed by atoms with Crippen molar-refractivity contribution in [2.45, 2.75) is 25.8 Å². The van der Waals surface area contributed by atoms with Crippen molar-refractivity contribution < 1.29 is 4.74 Å². The van der Waals surface area contributed by atoms with Crippen molar-refractivity contribution in [3.05, 3.63) is 60.4 Å². The van der Waals surface area contributed by atoms with Crippen LogP contribution in [0.1, 0.15) is 24.8 Å². The van der Waals surface area contributed by atoms with E-state index in [4.69, 9.17) is 4.74 Å². The number of hydrogen-bond donors (Lipinski definition) is 1. The molecule has 0 amide bonds. The lowest BCUT2D eigenvalue weighted by atomic mass is 10.2. The first-order valence-corrected chi connectivity index (χ1v) is 9.20. The lowest BCUT2D eigenvalue weighted by molar-refractivity contribution is 0.122. The highest BCUT2D eigenvalue weighted by Crippen LogP contribution is 2.28. The van der Waals surface area contributed by atoms with Gasteiger partial charge in [0, 0.05) is 25.4 Å². The molecule has 0 aliphatic heterocycles. The molecule has 2 aromatic carbocycles. The zero-order valence-electron chi connectivity index (χ0n) is 14.5. The predicted octanol–water partition coefficient (Wildman–Crippen LogP) is 3.93. The summed E-state index contributed by atoms with van der Waals surface area (Å²) in [6.45, 7) is 3.73. The van der Waals surface area contributed by atoms with Crippen molar-refractivity contribution in [2.75, 3.05) is 19.8 Å². The van der Waals surface area contributed by atoms with Crippen LogP contribution in [0.2, 0.25) is 0 Å². The fourth-order valence-corrected chi connectivity index (χ4v) is 3.01. The van der Waals surface area contributed by atoms with Crippen LogP contribution in [0.25, 0.3) is 16.7 Å². The maximum absolute atomic E-state index is 5.65. The molecule has 130 valence electrons. The maximum Gasteiger partial charge on any atom is 0.100 e. The molecule has 1 aromatic heterocycles. The van der Waals surface area contributed by atoms with Gasteiger partial charge in [-0.05, 0) is 61.6 Å². The fraction of sp³-hybridized carbons (Fsp3) is 0.381. The number of nitrogens with one attached hydrogen (secondary N) is 1. The summed E-state index contributed by atoms with van der Waals surface area (Å²) in [6, 6.07) is 16.9. The first kappa shape index (κ1) is 16.3. The Balaban J connectivity index is 1.25. The van der Waals surface area contributed by atoms with E-state index in [0.29, 0.717) is 0 Å². The summed E-state index contributed by atoms with van der Waals surface area (Å²) >= 11 is 0. The molecular weight excluding hydrogens is 310 g/mol. The largest absolute Gasteiger partial charge is 0.381 e. The fourth-order valence-electron chi connectivity index (χ4n) is 3.01. The van der Waals surface area contributed by atoms with Gasteiger partial charge in [-0.1, -0.05) is 24.3 Å². The third-order valence-corrected chi connectivity index (χ3v) is 4.69. The van der Waals surface area contributed by atoms with Gasteiger partial charge in [-0.2, -0.15) is 0 Å². The van der Waals surface area contributed by atoms with Gasteiger partial charge in [-0.25, -0.2) is 4.98 Å². The van der Waals surface area contributed by atoms with E-state index in [2.05, 4.69) is 45.2 Å². The Labute approximate surface area is 148 Å². The molecule has 0 atom stereocenters. The molecule has 1 heterocycles. The number of imidazole rings is 1. The van der Waals surface area contributed by atoms with E-state index >= 15 is 0 Å². The lowest BCUT2D eigenvalue weighted by Crippen LogP contribution is -2.16. The quantitative estimate of drug-likeness (QED) is 0.602. The van der Waals surface area contributed by atoms with E-state index in [1.165, 1.54) is 18.4 Å². The number of aromatic nitrogens is 2. The molecule has 0 spiro atoms. The molecule has 0 radical (unpaired) electrons. The van der Waals surface area contributed by atoms with Crippen LogP contribution in [0.5, 0.6) is 0 Å². The van der Waals surface area contributed by atoms with E-state index in [-0.39, 0.29) is 0 Å². The van der Waals surface area contributed by atoms with Crippen LogP contribution >= 0.6 is 0 Å². The van der Waals surface area contributed by atoms with Gasteiger partial charge < -0.3 is 10.1 Å². The Morgan fingerprint density at radius 2 is 1.92 bits per heavy atom. The average Bonchev–Trinajstić information content (AvgIpc) is 3.38.